The van der Waals surface area contributed by atoms with Gasteiger partial charge in [-0.2, -0.15) is 0 Å². The third-order valence-electron chi connectivity index (χ3n) is 5.18. The molecule has 0 radical (unpaired) electrons. The molecule has 6 nitrogen and oxygen atoms in total. The Morgan fingerprint density at radius 1 is 1.08 bits per heavy atom. The molecule has 1 aromatic heterocycles. The largest absolute Gasteiger partial charge is 0.497 e. The Kier molecular flexibility index (Phi) is 4.34. The third kappa shape index (κ3) is 3.21. The number of nitrogens with one attached hydrogen (secondary N) is 1. The van der Waals surface area contributed by atoms with Crippen LogP contribution in [0, 0.1) is 0 Å². The molecule has 0 bridgehead atoms. The molecule has 1 N–H and O–H groups in total. The molecule has 2 aliphatic rings. The van der Waals surface area contributed by atoms with Crippen molar-refractivity contribution in [1.82, 2.24) is 9.97 Å². The number of ether oxygens (including phenoxy) is 1. The van der Waals surface area contributed by atoms with E-state index in [1.165, 1.54) is 5.69 Å². The lowest BCUT2D eigenvalue weighted by molar-refractivity contribution is 0.414. The van der Waals surface area contributed by atoms with Crippen LogP contribution in [-0.4, -0.2) is 43.3 Å². The molecule has 4 rings (SSSR count). The molecule has 0 amide bonds. The molecule has 1 aromatic carbocycles. The standard InChI is InChI=1S/C19H24N4O2/c1-25-15-6-4-5-14(13-15)22-9-11-23(12-10-22)19-20-17-8-3-2-7-16(17)18(24)21-19/h4-6,13H,2-3,7-12H2,1H3,(H,20,21,24). The smallest absolute Gasteiger partial charge is 0.255 e. The fourth-order valence-corrected chi connectivity index (χ4v) is 3.72. The van der Waals surface area contributed by atoms with Crippen molar-refractivity contribution in [3.63, 3.8) is 0 Å². The first-order chi connectivity index (χ1) is 12.2. The Balaban J connectivity index is 1.48. The molecule has 1 fully saturated rings. The predicted molar refractivity (Wildman–Crippen MR) is 98.9 cm³/mol. The zero-order valence-electron chi connectivity index (χ0n) is 14.6. The van der Waals surface area contributed by atoms with Gasteiger partial charge in [-0.1, -0.05) is 6.07 Å². The van der Waals surface area contributed by atoms with Crippen molar-refractivity contribution in [1.29, 1.82) is 0 Å². The van der Waals surface area contributed by atoms with Crippen molar-refractivity contribution in [2.75, 3.05) is 43.1 Å². The maximum absolute atomic E-state index is 12.3. The van der Waals surface area contributed by atoms with Crippen LogP contribution in [-0.2, 0) is 12.8 Å². The van der Waals surface area contributed by atoms with Gasteiger partial charge in [-0.05, 0) is 37.8 Å². The number of aromatic nitrogens is 2. The quantitative estimate of drug-likeness (QED) is 0.926. The molecule has 1 aliphatic heterocycles. The van der Waals surface area contributed by atoms with Crippen LogP contribution in [0.2, 0.25) is 0 Å². The van der Waals surface area contributed by atoms with E-state index in [-0.39, 0.29) is 5.56 Å². The number of hydrogen-bond donors (Lipinski definition) is 1. The molecule has 1 saturated heterocycles. The van der Waals surface area contributed by atoms with E-state index in [1.807, 2.05) is 12.1 Å². The van der Waals surface area contributed by atoms with Crippen molar-refractivity contribution >= 4 is 11.6 Å². The summed E-state index contributed by atoms with van der Waals surface area (Å²) in [7, 11) is 1.69. The van der Waals surface area contributed by atoms with Gasteiger partial charge in [-0.25, -0.2) is 4.98 Å². The number of anilines is 2. The van der Waals surface area contributed by atoms with Gasteiger partial charge in [0, 0.05) is 43.5 Å². The lowest BCUT2D eigenvalue weighted by atomic mass is 9.97. The maximum Gasteiger partial charge on any atom is 0.255 e. The van der Waals surface area contributed by atoms with Crippen molar-refractivity contribution in [2.24, 2.45) is 0 Å². The summed E-state index contributed by atoms with van der Waals surface area (Å²) in [5.74, 6) is 1.61. The van der Waals surface area contributed by atoms with E-state index in [4.69, 9.17) is 9.72 Å². The van der Waals surface area contributed by atoms with Gasteiger partial charge < -0.3 is 14.5 Å². The summed E-state index contributed by atoms with van der Waals surface area (Å²) in [5, 5.41) is 0. The summed E-state index contributed by atoms with van der Waals surface area (Å²) < 4.78 is 5.32. The topological polar surface area (TPSA) is 61.5 Å². The SMILES string of the molecule is COc1cccc(N2CCN(c3nc4c(c(=O)[nH]3)CCCC4)CC2)c1. The van der Waals surface area contributed by atoms with Crippen LogP contribution in [0.4, 0.5) is 11.6 Å². The Morgan fingerprint density at radius 3 is 2.64 bits per heavy atom. The van der Waals surface area contributed by atoms with E-state index < -0.39 is 0 Å². The number of methoxy groups -OCH3 is 1. The summed E-state index contributed by atoms with van der Waals surface area (Å²) in [4.78, 5) is 24.6. The van der Waals surface area contributed by atoms with Crippen molar-refractivity contribution in [3.8, 4) is 5.75 Å². The van der Waals surface area contributed by atoms with E-state index in [0.29, 0.717) is 0 Å². The van der Waals surface area contributed by atoms with Gasteiger partial charge in [-0.3, -0.25) is 9.78 Å². The highest BCUT2D eigenvalue weighted by atomic mass is 16.5. The second kappa shape index (κ2) is 6.78. The summed E-state index contributed by atoms with van der Waals surface area (Å²) >= 11 is 0. The van der Waals surface area contributed by atoms with Crippen LogP contribution in [0.15, 0.2) is 29.1 Å². The highest BCUT2D eigenvalue weighted by Crippen LogP contribution is 2.23. The Labute approximate surface area is 147 Å². The second-order valence-corrected chi connectivity index (χ2v) is 6.70. The number of benzene rings is 1. The second-order valence-electron chi connectivity index (χ2n) is 6.70. The van der Waals surface area contributed by atoms with E-state index in [9.17, 15) is 4.79 Å². The fraction of sp³-hybridized carbons (Fsp3) is 0.474. The van der Waals surface area contributed by atoms with Crippen LogP contribution < -0.4 is 20.1 Å². The number of piperazine rings is 1. The zero-order chi connectivity index (χ0) is 17.2. The molecule has 0 spiro atoms. The molecule has 0 saturated carbocycles. The van der Waals surface area contributed by atoms with E-state index in [1.54, 1.807) is 7.11 Å². The first-order valence-corrected chi connectivity index (χ1v) is 9.00. The molecule has 0 unspecified atom stereocenters. The molecule has 25 heavy (non-hydrogen) atoms. The third-order valence-corrected chi connectivity index (χ3v) is 5.18. The summed E-state index contributed by atoms with van der Waals surface area (Å²) in [6, 6.07) is 8.15. The van der Waals surface area contributed by atoms with Gasteiger partial charge in [0.15, 0.2) is 0 Å². The average Bonchev–Trinajstić information content (AvgIpc) is 2.68. The van der Waals surface area contributed by atoms with Crippen molar-refractivity contribution < 1.29 is 4.74 Å². The zero-order valence-corrected chi connectivity index (χ0v) is 14.6. The van der Waals surface area contributed by atoms with Gasteiger partial charge in [0.05, 0.1) is 12.8 Å². The van der Waals surface area contributed by atoms with Crippen LogP contribution in [0.1, 0.15) is 24.1 Å². The Hall–Kier alpha value is -2.50. The highest BCUT2D eigenvalue weighted by Gasteiger charge is 2.22. The fourth-order valence-electron chi connectivity index (χ4n) is 3.72. The molecular weight excluding hydrogens is 316 g/mol. The van der Waals surface area contributed by atoms with Crippen LogP contribution in [0.3, 0.4) is 0 Å². The molecule has 132 valence electrons. The number of nitrogens with zero attached hydrogens (tertiary/aromatic N) is 3. The number of aromatic amines is 1. The van der Waals surface area contributed by atoms with E-state index in [2.05, 4.69) is 26.9 Å². The number of H-pyrrole nitrogens is 1. The maximum atomic E-state index is 12.3. The normalized spacial score (nSPS) is 17.3. The minimum atomic E-state index is 0.0509. The molecule has 2 aromatic rings. The first kappa shape index (κ1) is 16.0. The number of rotatable bonds is 3. The predicted octanol–water partition coefficient (Wildman–Crippen LogP) is 1.98. The van der Waals surface area contributed by atoms with Gasteiger partial charge in [-0.15, -0.1) is 0 Å². The lowest BCUT2D eigenvalue weighted by Crippen LogP contribution is -2.47. The first-order valence-electron chi connectivity index (χ1n) is 9.00. The Morgan fingerprint density at radius 2 is 1.84 bits per heavy atom. The van der Waals surface area contributed by atoms with Gasteiger partial charge in [0.1, 0.15) is 5.75 Å². The summed E-state index contributed by atoms with van der Waals surface area (Å²) in [5.41, 5.74) is 3.12. The van der Waals surface area contributed by atoms with Gasteiger partial charge in [0.25, 0.3) is 5.56 Å². The molecule has 6 heteroatoms. The average molecular weight is 340 g/mol. The van der Waals surface area contributed by atoms with E-state index >= 15 is 0 Å². The highest BCUT2D eigenvalue weighted by molar-refractivity contribution is 5.52. The van der Waals surface area contributed by atoms with Crippen LogP contribution >= 0.6 is 0 Å². The summed E-state index contributed by atoms with van der Waals surface area (Å²) in [6.45, 7) is 3.49. The van der Waals surface area contributed by atoms with Crippen molar-refractivity contribution in [2.45, 2.75) is 25.7 Å². The van der Waals surface area contributed by atoms with Crippen LogP contribution in [0.5, 0.6) is 5.75 Å². The monoisotopic (exact) mass is 340 g/mol. The molecular formula is C19H24N4O2. The lowest BCUT2D eigenvalue weighted by Gasteiger charge is -2.36. The summed E-state index contributed by atoms with van der Waals surface area (Å²) in [6.07, 6.45) is 4.01. The number of hydrogen-bond acceptors (Lipinski definition) is 5. The minimum Gasteiger partial charge on any atom is -0.497 e. The van der Waals surface area contributed by atoms with Crippen LogP contribution in [0.25, 0.3) is 0 Å². The van der Waals surface area contributed by atoms with Crippen molar-refractivity contribution in [3.05, 3.63) is 45.9 Å². The van der Waals surface area contributed by atoms with E-state index in [0.717, 1.165) is 74.8 Å². The molecule has 0 atom stereocenters. The number of aryl methyl sites for hydroxylation is 1. The van der Waals surface area contributed by atoms with Gasteiger partial charge >= 0.3 is 0 Å². The molecule has 1 aliphatic carbocycles. The molecule has 2 heterocycles. The van der Waals surface area contributed by atoms with Gasteiger partial charge in [0.2, 0.25) is 5.95 Å². The minimum absolute atomic E-state index is 0.0509. The number of fused-ring (bicyclic) bond motifs is 1. The Bertz CT molecular complexity index is 809.